The summed E-state index contributed by atoms with van der Waals surface area (Å²) in [7, 11) is 0. The molecular formula is C19H21NO2. The van der Waals surface area contributed by atoms with E-state index in [0.717, 1.165) is 6.42 Å². The predicted molar refractivity (Wildman–Crippen MR) is 84.3 cm³/mol. The Bertz CT molecular complexity index is 661. The van der Waals surface area contributed by atoms with Crippen molar-refractivity contribution in [2.75, 3.05) is 6.54 Å². The van der Waals surface area contributed by atoms with Crippen molar-refractivity contribution in [2.45, 2.75) is 39.0 Å². The van der Waals surface area contributed by atoms with Gasteiger partial charge in [0.2, 0.25) is 11.8 Å². The number of rotatable bonds is 2. The number of hydrogen-bond donors (Lipinski definition) is 0. The number of benzene rings is 1. The summed E-state index contributed by atoms with van der Waals surface area (Å²) in [6, 6.07) is 8.36. The molecule has 3 aliphatic carbocycles. The molecule has 1 heterocycles. The second kappa shape index (κ2) is 4.55. The fraction of sp³-hybridized carbons (Fsp3) is 0.474. The Labute approximate surface area is 131 Å². The summed E-state index contributed by atoms with van der Waals surface area (Å²) < 4.78 is 0. The fourth-order valence-electron chi connectivity index (χ4n) is 4.88. The molecule has 0 radical (unpaired) electrons. The first-order chi connectivity index (χ1) is 10.6. The van der Waals surface area contributed by atoms with Gasteiger partial charge < -0.3 is 0 Å². The van der Waals surface area contributed by atoms with Gasteiger partial charge in [-0.3, -0.25) is 14.5 Å². The van der Waals surface area contributed by atoms with Gasteiger partial charge in [0.05, 0.1) is 11.8 Å². The molecule has 2 bridgehead atoms. The van der Waals surface area contributed by atoms with Crippen LogP contribution in [0.25, 0.3) is 0 Å². The van der Waals surface area contributed by atoms with E-state index in [2.05, 4.69) is 26.0 Å². The van der Waals surface area contributed by atoms with Gasteiger partial charge in [-0.1, -0.05) is 42.3 Å². The zero-order valence-corrected chi connectivity index (χ0v) is 13.3. The molecule has 2 amide bonds. The molecule has 4 atom stereocenters. The SMILES string of the molecule is CCCN1C(=O)[C@@H]2[C@H](C1=O)[C@@H]1C(C)=C(C)[C@H]2c2ccccc21. The topological polar surface area (TPSA) is 37.4 Å². The van der Waals surface area contributed by atoms with E-state index in [-0.39, 0.29) is 35.5 Å². The van der Waals surface area contributed by atoms with E-state index in [1.165, 1.54) is 27.2 Å². The smallest absolute Gasteiger partial charge is 0.234 e. The lowest BCUT2D eigenvalue weighted by atomic mass is 9.55. The van der Waals surface area contributed by atoms with Crippen LogP contribution in [0.4, 0.5) is 0 Å². The van der Waals surface area contributed by atoms with Crippen molar-refractivity contribution in [2.24, 2.45) is 11.8 Å². The Morgan fingerprint density at radius 1 is 0.909 bits per heavy atom. The first-order valence-corrected chi connectivity index (χ1v) is 8.19. The van der Waals surface area contributed by atoms with Gasteiger partial charge in [0.15, 0.2) is 0 Å². The number of imide groups is 1. The van der Waals surface area contributed by atoms with Crippen molar-refractivity contribution in [1.29, 1.82) is 0 Å². The molecule has 1 aromatic rings. The zero-order valence-electron chi connectivity index (χ0n) is 13.3. The third kappa shape index (κ3) is 1.47. The molecule has 3 nitrogen and oxygen atoms in total. The average Bonchev–Trinajstić information content (AvgIpc) is 2.77. The largest absolute Gasteiger partial charge is 0.282 e. The van der Waals surface area contributed by atoms with Crippen LogP contribution in [0.15, 0.2) is 35.4 Å². The van der Waals surface area contributed by atoms with E-state index < -0.39 is 0 Å². The first-order valence-electron chi connectivity index (χ1n) is 8.19. The number of amides is 2. The van der Waals surface area contributed by atoms with Crippen molar-refractivity contribution < 1.29 is 9.59 Å². The summed E-state index contributed by atoms with van der Waals surface area (Å²) in [4.78, 5) is 27.3. The van der Waals surface area contributed by atoms with Crippen LogP contribution in [0.1, 0.15) is 50.2 Å². The lowest BCUT2D eigenvalue weighted by molar-refractivity contribution is -0.140. The fourth-order valence-corrected chi connectivity index (χ4v) is 4.88. The monoisotopic (exact) mass is 295 g/mol. The third-order valence-electron chi connectivity index (χ3n) is 5.88. The molecular weight excluding hydrogens is 274 g/mol. The van der Waals surface area contributed by atoms with Gasteiger partial charge in [0, 0.05) is 18.4 Å². The molecule has 5 rings (SSSR count). The van der Waals surface area contributed by atoms with Crippen molar-refractivity contribution in [1.82, 2.24) is 4.90 Å². The average molecular weight is 295 g/mol. The van der Waals surface area contributed by atoms with Crippen LogP contribution >= 0.6 is 0 Å². The molecule has 0 N–H and O–H groups in total. The van der Waals surface area contributed by atoms with Crippen LogP contribution in [-0.2, 0) is 9.59 Å². The van der Waals surface area contributed by atoms with Gasteiger partial charge in [-0.15, -0.1) is 0 Å². The molecule has 3 heteroatoms. The van der Waals surface area contributed by atoms with Gasteiger partial charge >= 0.3 is 0 Å². The summed E-state index contributed by atoms with van der Waals surface area (Å²) in [5.41, 5.74) is 5.11. The highest BCUT2D eigenvalue weighted by Gasteiger charge is 2.60. The van der Waals surface area contributed by atoms with Crippen LogP contribution in [0.5, 0.6) is 0 Å². The van der Waals surface area contributed by atoms with Crippen molar-refractivity contribution in [3.05, 3.63) is 46.5 Å². The summed E-state index contributed by atoms with van der Waals surface area (Å²) in [5.74, 6) is -0.0827. The van der Waals surface area contributed by atoms with Gasteiger partial charge in [-0.05, 0) is 31.4 Å². The maximum absolute atomic E-state index is 12.9. The van der Waals surface area contributed by atoms with E-state index in [1.54, 1.807) is 0 Å². The molecule has 4 aliphatic rings. The standard InChI is InChI=1S/C19H21NO2/c1-4-9-20-18(21)16-14-10(2)11(3)15(17(16)19(20)22)13-8-6-5-7-12(13)14/h5-8,14-17H,4,9H2,1-3H3/t14-,15+,16-,17+. The maximum atomic E-state index is 12.9. The lowest BCUT2D eigenvalue weighted by Gasteiger charge is -2.46. The molecule has 1 fully saturated rings. The van der Waals surface area contributed by atoms with Gasteiger partial charge in [-0.2, -0.15) is 0 Å². The number of carbonyl (C=O) groups excluding carboxylic acids is 2. The first kappa shape index (κ1) is 13.7. The Morgan fingerprint density at radius 3 is 1.77 bits per heavy atom. The second-order valence-electron chi connectivity index (χ2n) is 6.83. The quantitative estimate of drug-likeness (QED) is 0.620. The van der Waals surface area contributed by atoms with E-state index in [4.69, 9.17) is 0 Å². The number of carbonyl (C=O) groups is 2. The number of nitrogens with zero attached hydrogens (tertiary/aromatic N) is 1. The lowest BCUT2D eigenvalue weighted by Crippen LogP contribution is -2.40. The summed E-state index contributed by atoms with van der Waals surface area (Å²) in [6.07, 6.45) is 0.824. The highest BCUT2D eigenvalue weighted by atomic mass is 16.2. The minimum absolute atomic E-state index is 0.0493. The van der Waals surface area contributed by atoms with Crippen molar-refractivity contribution in [3.63, 3.8) is 0 Å². The molecule has 1 saturated heterocycles. The summed E-state index contributed by atoms with van der Waals surface area (Å²) in [5, 5.41) is 0. The minimum atomic E-state index is -0.178. The molecule has 22 heavy (non-hydrogen) atoms. The van der Waals surface area contributed by atoms with E-state index >= 15 is 0 Å². The number of likely N-dealkylation sites (tertiary alicyclic amines) is 1. The summed E-state index contributed by atoms with van der Waals surface area (Å²) in [6.45, 7) is 6.85. The zero-order chi connectivity index (χ0) is 15.6. The minimum Gasteiger partial charge on any atom is -0.282 e. The number of hydrogen-bond acceptors (Lipinski definition) is 2. The Morgan fingerprint density at radius 2 is 1.36 bits per heavy atom. The van der Waals surface area contributed by atoms with Crippen molar-refractivity contribution in [3.8, 4) is 0 Å². The Balaban J connectivity index is 1.91. The van der Waals surface area contributed by atoms with Gasteiger partial charge in [0.1, 0.15) is 0 Å². The predicted octanol–water partition coefficient (Wildman–Crippen LogP) is 3.23. The molecule has 114 valence electrons. The van der Waals surface area contributed by atoms with E-state index in [1.807, 2.05) is 19.1 Å². The Hall–Kier alpha value is -1.90. The molecule has 0 spiro atoms. The molecule has 0 saturated carbocycles. The van der Waals surface area contributed by atoms with Crippen molar-refractivity contribution >= 4 is 11.8 Å². The van der Waals surface area contributed by atoms with Crippen LogP contribution < -0.4 is 0 Å². The molecule has 1 aromatic carbocycles. The van der Waals surface area contributed by atoms with Gasteiger partial charge in [0.25, 0.3) is 0 Å². The van der Waals surface area contributed by atoms with E-state index in [9.17, 15) is 9.59 Å². The highest BCUT2D eigenvalue weighted by molar-refractivity contribution is 6.07. The van der Waals surface area contributed by atoms with Crippen LogP contribution in [0.3, 0.4) is 0 Å². The van der Waals surface area contributed by atoms with E-state index in [0.29, 0.717) is 6.54 Å². The van der Waals surface area contributed by atoms with Gasteiger partial charge in [-0.25, -0.2) is 0 Å². The molecule has 1 aliphatic heterocycles. The Kier molecular flexibility index (Phi) is 2.84. The highest BCUT2D eigenvalue weighted by Crippen LogP contribution is 2.60. The number of allylic oxidation sites excluding steroid dienone is 2. The summed E-state index contributed by atoms with van der Waals surface area (Å²) >= 11 is 0. The maximum Gasteiger partial charge on any atom is 0.234 e. The third-order valence-corrected chi connectivity index (χ3v) is 5.88. The van der Waals surface area contributed by atoms with Crippen LogP contribution in [-0.4, -0.2) is 23.3 Å². The normalized spacial score (nSPS) is 32.6. The van der Waals surface area contributed by atoms with Crippen LogP contribution in [0, 0.1) is 11.8 Å². The second-order valence-corrected chi connectivity index (χ2v) is 6.83. The molecule has 0 aromatic heterocycles. The molecule has 0 unspecified atom stereocenters. The van der Waals surface area contributed by atoms with Crippen LogP contribution in [0.2, 0.25) is 0 Å².